The number of rotatable bonds is 6. The van der Waals surface area contributed by atoms with Crippen molar-refractivity contribution in [3.05, 3.63) is 58.7 Å². The molecule has 0 amide bonds. The van der Waals surface area contributed by atoms with E-state index < -0.39 is 10.1 Å². The van der Waals surface area contributed by atoms with Gasteiger partial charge in [-0.15, -0.1) is 11.8 Å². The van der Waals surface area contributed by atoms with Gasteiger partial charge >= 0.3 is 0 Å². The molecule has 4 rings (SSSR count). The van der Waals surface area contributed by atoms with Gasteiger partial charge in [-0.3, -0.25) is 4.55 Å². The van der Waals surface area contributed by atoms with E-state index in [0.717, 1.165) is 31.7 Å². The Morgan fingerprint density at radius 2 is 2.00 bits per heavy atom. The van der Waals surface area contributed by atoms with E-state index in [1.54, 1.807) is 12.7 Å². The Morgan fingerprint density at radius 3 is 2.74 bits per heavy atom. The van der Waals surface area contributed by atoms with Crippen molar-refractivity contribution < 1.29 is 17.7 Å². The number of nitrogens with zero attached hydrogens (tertiary/aromatic N) is 1. The van der Waals surface area contributed by atoms with Gasteiger partial charge < -0.3 is 9.64 Å². The van der Waals surface area contributed by atoms with Crippen LogP contribution in [0, 0.1) is 0 Å². The van der Waals surface area contributed by atoms with E-state index in [1.165, 1.54) is 46.6 Å². The highest BCUT2D eigenvalue weighted by molar-refractivity contribution is 7.99. The summed E-state index contributed by atoms with van der Waals surface area (Å²) < 4.78 is 31.5. The molecule has 0 unspecified atom stereocenters. The van der Waals surface area contributed by atoms with Gasteiger partial charge in [-0.05, 0) is 79.5 Å². The first kappa shape index (κ1) is 24.1. The second-order valence-corrected chi connectivity index (χ2v) is 11.0. The summed E-state index contributed by atoms with van der Waals surface area (Å²) in [5, 5.41) is 0. The van der Waals surface area contributed by atoms with Gasteiger partial charge in [0.05, 0.1) is 13.4 Å². The standard InChI is InChI=1S/C23H29NOS.CH4O3S/c1-24(13-11-17-9-10-23-18(15-17)12-14-26-23)16-19-5-3-7-21-20(19)6-4-8-22(21)25-2;1-5(2,3)4/h4,6,8-10,15,19H,3,5,7,11-14,16H2,1-2H3;1H3,(H,2,3,4)/t19-;/m0./s1. The monoisotopic (exact) mass is 463 g/mol. The summed E-state index contributed by atoms with van der Waals surface area (Å²) >= 11 is 2.00. The first-order valence-corrected chi connectivity index (χ1v) is 13.6. The average Bonchev–Trinajstić information content (AvgIpc) is 3.19. The van der Waals surface area contributed by atoms with Crippen LogP contribution in [0.25, 0.3) is 0 Å². The Bertz CT molecular complexity index is 983. The van der Waals surface area contributed by atoms with Crippen LogP contribution in [0.2, 0.25) is 0 Å². The highest BCUT2D eigenvalue weighted by Crippen LogP contribution is 2.37. The molecule has 1 aliphatic heterocycles. The number of fused-ring (bicyclic) bond motifs is 2. The fourth-order valence-corrected chi connectivity index (χ4v) is 5.53. The van der Waals surface area contributed by atoms with Gasteiger partial charge in [-0.1, -0.05) is 24.3 Å². The molecule has 2 aromatic rings. The number of benzene rings is 2. The van der Waals surface area contributed by atoms with E-state index >= 15 is 0 Å². The summed E-state index contributed by atoms with van der Waals surface area (Å²) in [6.07, 6.45) is 6.82. The third-order valence-electron chi connectivity index (χ3n) is 5.88. The zero-order chi connectivity index (χ0) is 22.4. The lowest BCUT2D eigenvalue weighted by atomic mass is 9.82. The fourth-order valence-electron chi connectivity index (χ4n) is 4.48. The maximum absolute atomic E-state index is 9.19. The Labute approximate surface area is 190 Å². The molecule has 0 aromatic heterocycles. The number of methoxy groups -OCH3 is 1. The summed E-state index contributed by atoms with van der Waals surface area (Å²) in [6, 6.07) is 13.7. The zero-order valence-corrected chi connectivity index (χ0v) is 20.3. The third-order valence-corrected chi connectivity index (χ3v) is 6.99. The van der Waals surface area contributed by atoms with Gasteiger partial charge in [-0.2, -0.15) is 8.42 Å². The van der Waals surface area contributed by atoms with Crippen molar-refractivity contribution >= 4 is 21.9 Å². The van der Waals surface area contributed by atoms with E-state index in [-0.39, 0.29) is 0 Å². The van der Waals surface area contributed by atoms with Crippen LogP contribution in [0.15, 0.2) is 41.3 Å². The Balaban J connectivity index is 0.000000491. The molecule has 0 bridgehead atoms. The van der Waals surface area contributed by atoms with Crippen molar-refractivity contribution in [3.8, 4) is 5.75 Å². The van der Waals surface area contributed by atoms with Crippen LogP contribution < -0.4 is 4.74 Å². The molecule has 0 spiro atoms. The lowest BCUT2D eigenvalue weighted by Crippen LogP contribution is -2.28. The van der Waals surface area contributed by atoms with E-state index in [9.17, 15) is 8.42 Å². The number of likely N-dealkylation sites (N-methyl/N-ethyl adjacent to an activating group) is 1. The smallest absolute Gasteiger partial charge is 0.261 e. The van der Waals surface area contributed by atoms with E-state index in [0.29, 0.717) is 12.2 Å². The molecular formula is C24H33NO4S2. The third kappa shape index (κ3) is 7.24. The molecule has 1 aliphatic carbocycles. The van der Waals surface area contributed by atoms with Crippen molar-refractivity contribution in [2.24, 2.45) is 0 Å². The molecule has 5 nitrogen and oxygen atoms in total. The molecular weight excluding hydrogens is 430 g/mol. The lowest BCUT2D eigenvalue weighted by molar-refractivity contribution is 0.299. The molecule has 7 heteroatoms. The van der Waals surface area contributed by atoms with Gasteiger partial charge in [0, 0.05) is 23.7 Å². The van der Waals surface area contributed by atoms with Crippen molar-refractivity contribution in [1.82, 2.24) is 4.90 Å². The van der Waals surface area contributed by atoms with Crippen molar-refractivity contribution in [2.45, 2.75) is 42.9 Å². The first-order valence-electron chi connectivity index (χ1n) is 10.8. The molecule has 0 saturated heterocycles. The minimum absolute atomic E-state index is 0.635. The Morgan fingerprint density at radius 1 is 1.23 bits per heavy atom. The van der Waals surface area contributed by atoms with Gasteiger partial charge in [0.25, 0.3) is 10.1 Å². The fraction of sp³-hybridized carbons (Fsp3) is 0.500. The van der Waals surface area contributed by atoms with Crippen LogP contribution in [0.3, 0.4) is 0 Å². The van der Waals surface area contributed by atoms with Crippen LogP contribution in [0.5, 0.6) is 5.75 Å². The predicted octanol–water partition coefficient (Wildman–Crippen LogP) is 4.44. The topological polar surface area (TPSA) is 66.8 Å². The summed E-state index contributed by atoms with van der Waals surface area (Å²) in [6.45, 7) is 2.27. The van der Waals surface area contributed by atoms with Crippen LogP contribution >= 0.6 is 11.8 Å². The molecule has 0 radical (unpaired) electrons. The highest BCUT2D eigenvalue weighted by atomic mass is 32.2. The number of aryl methyl sites for hydroxylation is 1. The van der Waals surface area contributed by atoms with E-state index in [4.69, 9.17) is 9.29 Å². The number of hydrogen-bond donors (Lipinski definition) is 1. The molecule has 0 fully saturated rings. The summed E-state index contributed by atoms with van der Waals surface area (Å²) in [5.41, 5.74) is 6.00. The summed E-state index contributed by atoms with van der Waals surface area (Å²) in [5.74, 6) is 2.96. The van der Waals surface area contributed by atoms with Gasteiger partial charge in [-0.25, -0.2) is 0 Å². The molecule has 1 atom stereocenters. The summed E-state index contributed by atoms with van der Waals surface area (Å²) in [4.78, 5) is 4.01. The zero-order valence-electron chi connectivity index (χ0n) is 18.6. The normalized spacial score (nSPS) is 17.5. The number of hydrogen-bond acceptors (Lipinski definition) is 5. The Hall–Kier alpha value is -1.54. The quantitative estimate of drug-likeness (QED) is 0.639. The van der Waals surface area contributed by atoms with Gasteiger partial charge in [0.15, 0.2) is 0 Å². The first-order chi connectivity index (χ1) is 14.7. The predicted molar refractivity (Wildman–Crippen MR) is 128 cm³/mol. The number of thioether (sulfide) groups is 1. The highest BCUT2D eigenvalue weighted by Gasteiger charge is 2.23. The van der Waals surface area contributed by atoms with Crippen LogP contribution in [-0.4, -0.2) is 57.1 Å². The molecule has 0 saturated carbocycles. The van der Waals surface area contributed by atoms with E-state index in [1.807, 2.05) is 11.8 Å². The van der Waals surface area contributed by atoms with Gasteiger partial charge in [0.2, 0.25) is 0 Å². The molecule has 2 aromatic carbocycles. The summed E-state index contributed by atoms with van der Waals surface area (Å²) in [7, 11) is 0.401. The number of ether oxygens (including phenoxy) is 1. The van der Waals surface area contributed by atoms with Crippen LogP contribution in [-0.2, 0) is 29.4 Å². The molecule has 2 aliphatic rings. The van der Waals surface area contributed by atoms with Crippen molar-refractivity contribution in [2.75, 3.05) is 39.3 Å². The van der Waals surface area contributed by atoms with Crippen LogP contribution in [0.4, 0.5) is 0 Å². The minimum atomic E-state index is -3.67. The average molecular weight is 464 g/mol. The lowest BCUT2D eigenvalue weighted by Gasteiger charge is -2.30. The van der Waals surface area contributed by atoms with Crippen molar-refractivity contribution in [3.63, 3.8) is 0 Å². The molecule has 31 heavy (non-hydrogen) atoms. The maximum atomic E-state index is 9.19. The SMILES string of the molecule is COc1cccc2c1CCC[C@H]2CN(C)CCc1ccc2c(c1)CCS2.CS(=O)(=O)O. The van der Waals surface area contributed by atoms with Gasteiger partial charge in [0.1, 0.15) is 5.75 Å². The Kier molecular flexibility index (Phi) is 8.44. The molecule has 170 valence electrons. The minimum Gasteiger partial charge on any atom is -0.496 e. The van der Waals surface area contributed by atoms with E-state index in [2.05, 4.69) is 48.3 Å². The van der Waals surface area contributed by atoms with Crippen molar-refractivity contribution in [1.29, 1.82) is 0 Å². The maximum Gasteiger partial charge on any atom is 0.261 e. The van der Waals surface area contributed by atoms with Crippen LogP contribution in [0.1, 0.15) is 41.0 Å². The second kappa shape index (κ2) is 10.9. The molecule has 1 heterocycles. The largest absolute Gasteiger partial charge is 0.496 e. The second-order valence-electron chi connectivity index (χ2n) is 8.40. The molecule has 1 N–H and O–H groups in total.